The molecule has 3 heteroatoms. The third kappa shape index (κ3) is 2.99. The fraction of sp³-hybridized carbons (Fsp3) is 0.462. The number of carbonyl (C=O) groups is 1. The summed E-state index contributed by atoms with van der Waals surface area (Å²) < 4.78 is 0. The summed E-state index contributed by atoms with van der Waals surface area (Å²) in [6.45, 7) is 4.45. The van der Waals surface area contributed by atoms with Gasteiger partial charge in [0.1, 0.15) is 0 Å². The largest absolute Gasteiger partial charge is 0.376 e. The van der Waals surface area contributed by atoms with E-state index in [0.717, 1.165) is 18.5 Å². The number of nitrogens with one attached hydrogen (secondary N) is 2. The van der Waals surface area contributed by atoms with Crippen LogP contribution in [-0.4, -0.2) is 18.5 Å². The number of benzene rings is 1. The highest BCUT2D eigenvalue weighted by molar-refractivity contribution is 5.81. The van der Waals surface area contributed by atoms with Gasteiger partial charge in [0.15, 0.2) is 0 Å². The van der Waals surface area contributed by atoms with Crippen LogP contribution in [0.4, 0.5) is 5.69 Å². The van der Waals surface area contributed by atoms with E-state index in [1.165, 1.54) is 11.1 Å². The summed E-state index contributed by atoms with van der Waals surface area (Å²) in [6.07, 6.45) is 2.27. The third-order valence-electron chi connectivity index (χ3n) is 2.77. The lowest BCUT2D eigenvalue weighted by Crippen LogP contribution is -2.31. The number of hydrogen-bond donors (Lipinski definition) is 2. The number of hydrogen-bond acceptors (Lipinski definition) is 2. The summed E-state index contributed by atoms with van der Waals surface area (Å²) in [4.78, 5) is 11.5. The second kappa shape index (κ2) is 4.56. The average Bonchev–Trinajstić information content (AvgIpc) is 3.03. The second-order valence-corrected chi connectivity index (χ2v) is 4.51. The van der Waals surface area contributed by atoms with Crippen molar-refractivity contribution in [2.75, 3.05) is 11.9 Å². The Kier molecular flexibility index (Phi) is 3.13. The van der Waals surface area contributed by atoms with Gasteiger partial charge in [-0.25, -0.2) is 0 Å². The molecule has 1 aromatic carbocycles. The smallest absolute Gasteiger partial charge is 0.239 e. The molecule has 1 amide bonds. The van der Waals surface area contributed by atoms with E-state index in [2.05, 4.69) is 35.8 Å². The first-order valence-electron chi connectivity index (χ1n) is 5.75. The summed E-state index contributed by atoms with van der Waals surface area (Å²) in [5.41, 5.74) is 3.42. The molecule has 0 aromatic heterocycles. The second-order valence-electron chi connectivity index (χ2n) is 4.51. The van der Waals surface area contributed by atoms with Crippen molar-refractivity contribution >= 4 is 11.6 Å². The topological polar surface area (TPSA) is 41.1 Å². The van der Waals surface area contributed by atoms with Crippen LogP contribution >= 0.6 is 0 Å². The van der Waals surface area contributed by atoms with E-state index in [9.17, 15) is 4.79 Å². The van der Waals surface area contributed by atoms with Crippen molar-refractivity contribution in [1.82, 2.24) is 5.32 Å². The molecule has 0 radical (unpaired) electrons. The predicted molar refractivity (Wildman–Crippen MR) is 65.6 cm³/mol. The fourth-order valence-electron chi connectivity index (χ4n) is 1.61. The molecule has 86 valence electrons. The van der Waals surface area contributed by atoms with Gasteiger partial charge in [0, 0.05) is 11.7 Å². The van der Waals surface area contributed by atoms with Gasteiger partial charge in [0.2, 0.25) is 5.91 Å². The van der Waals surface area contributed by atoms with Crippen LogP contribution in [0.3, 0.4) is 0 Å². The molecule has 0 aliphatic heterocycles. The van der Waals surface area contributed by atoms with Gasteiger partial charge in [-0.05, 0) is 43.9 Å². The molecule has 2 rings (SSSR count). The zero-order valence-electron chi connectivity index (χ0n) is 9.84. The molecule has 2 N–H and O–H groups in total. The molecule has 0 heterocycles. The highest BCUT2D eigenvalue weighted by atomic mass is 16.2. The molecule has 1 saturated carbocycles. The minimum absolute atomic E-state index is 0.0865. The average molecular weight is 218 g/mol. The van der Waals surface area contributed by atoms with E-state index < -0.39 is 0 Å². The van der Waals surface area contributed by atoms with Crippen LogP contribution in [0.2, 0.25) is 0 Å². The van der Waals surface area contributed by atoms with Gasteiger partial charge in [-0.2, -0.15) is 0 Å². The van der Waals surface area contributed by atoms with Gasteiger partial charge >= 0.3 is 0 Å². The number of aryl methyl sites for hydroxylation is 2. The molecule has 0 atom stereocenters. The molecule has 16 heavy (non-hydrogen) atoms. The van der Waals surface area contributed by atoms with Gasteiger partial charge in [0.05, 0.1) is 6.54 Å². The quantitative estimate of drug-likeness (QED) is 0.811. The highest BCUT2D eigenvalue weighted by Gasteiger charge is 2.22. The minimum atomic E-state index is 0.0865. The Hall–Kier alpha value is -1.51. The van der Waals surface area contributed by atoms with E-state index in [0.29, 0.717) is 12.6 Å². The van der Waals surface area contributed by atoms with Crippen molar-refractivity contribution in [2.45, 2.75) is 32.7 Å². The van der Waals surface area contributed by atoms with Crippen LogP contribution in [0.1, 0.15) is 24.0 Å². The van der Waals surface area contributed by atoms with Crippen LogP contribution in [0.5, 0.6) is 0 Å². The molecule has 1 fully saturated rings. The van der Waals surface area contributed by atoms with Crippen LogP contribution < -0.4 is 10.6 Å². The molecule has 3 nitrogen and oxygen atoms in total. The van der Waals surface area contributed by atoms with Gasteiger partial charge in [0.25, 0.3) is 0 Å². The van der Waals surface area contributed by atoms with E-state index in [1.54, 1.807) is 0 Å². The number of anilines is 1. The van der Waals surface area contributed by atoms with E-state index in [-0.39, 0.29) is 5.91 Å². The standard InChI is InChI=1S/C13H18N2O/c1-9-3-4-10(2)12(7-9)14-8-13(16)15-11-5-6-11/h3-4,7,11,14H,5-6,8H2,1-2H3,(H,15,16). The maximum absolute atomic E-state index is 11.5. The summed E-state index contributed by atoms with van der Waals surface area (Å²) >= 11 is 0. The Balaban J connectivity index is 1.87. The van der Waals surface area contributed by atoms with Crippen LogP contribution in [0.25, 0.3) is 0 Å². The predicted octanol–water partition coefficient (Wildman–Crippen LogP) is 1.99. The number of carbonyl (C=O) groups excluding carboxylic acids is 1. The Morgan fingerprint density at radius 1 is 1.38 bits per heavy atom. The molecule has 0 saturated heterocycles. The Bertz CT molecular complexity index is 397. The summed E-state index contributed by atoms with van der Waals surface area (Å²) in [5.74, 6) is 0.0865. The summed E-state index contributed by atoms with van der Waals surface area (Å²) in [5, 5.41) is 6.13. The lowest BCUT2D eigenvalue weighted by Gasteiger charge is -2.10. The molecule has 1 aliphatic rings. The number of amides is 1. The zero-order chi connectivity index (χ0) is 11.5. The Morgan fingerprint density at radius 2 is 2.12 bits per heavy atom. The lowest BCUT2D eigenvalue weighted by molar-refractivity contribution is -0.119. The Morgan fingerprint density at radius 3 is 2.81 bits per heavy atom. The van der Waals surface area contributed by atoms with Crippen molar-refractivity contribution in [3.63, 3.8) is 0 Å². The first-order valence-corrected chi connectivity index (χ1v) is 5.75. The molecule has 0 bridgehead atoms. The van der Waals surface area contributed by atoms with Crippen molar-refractivity contribution in [3.05, 3.63) is 29.3 Å². The Labute approximate surface area is 96.2 Å². The van der Waals surface area contributed by atoms with E-state index in [1.807, 2.05) is 6.92 Å². The maximum atomic E-state index is 11.5. The highest BCUT2D eigenvalue weighted by Crippen LogP contribution is 2.19. The van der Waals surface area contributed by atoms with Gasteiger partial charge in [-0.15, -0.1) is 0 Å². The first kappa shape index (κ1) is 11.0. The van der Waals surface area contributed by atoms with Crippen molar-refractivity contribution in [2.24, 2.45) is 0 Å². The van der Waals surface area contributed by atoms with Crippen LogP contribution in [0, 0.1) is 13.8 Å². The van der Waals surface area contributed by atoms with Crippen LogP contribution in [0.15, 0.2) is 18.2 Å². The first-order chi connectivity index (χ1) is 7.65. The molecular weight excluding hydrogens is 200 g/mol. The summed E-state index contributed by atoms with van der Waals surface area (Å²) in [6, 6.07) is 6.65. The molecule has 0 spiro atoms. The summed E-state index contributed by atoms with van der Waals surface area (Å²) in [7, 11) is 0. The van der Waals surface area contributed by atoms with E-state index in [4.69, 9.17) is 0 Å². The normalized spacial score (nSPS) is 14.6. The lowest BCUT2D eigenvalue weighted by atomic mass is 10.1. The van der Waals surface area contributed by atoms with Crippen molar-refractivity contribution < 1.29 is 4.79 Å². The van der Waals surface area contributed by atoms with Crippen molar-refractivity contribution in [3.8, 4) is 0 Å². The minimum Gasteiger partial charge on any atom is -0.376 e. The number of rotatable bonds is 4. The maximum Gasteiger partial charge on any atom is 0.239 e. The van der Waals surface area contributed by atoms with Gasteiger partial charge in [-0.1, -0.05) is 12.1 Å². The van der Waals surface area contributed by atoms with Gasteiger partial charge < -0.3 is 10.6 Å². The van der Waals surface area contributed by atoms with Crippen LogP contribution in [-0.2, 0) is 4.79 Å². The zero-order valence-corrected chi connectivity index (χ0v) is 9.84. The SMILES string of the molecule is Cc1ccc(C)c(NCC(=O)NC2CC2)c1. The fourth-order valence-corrected chi connectivity index (χ4v) is 1.61. The van der Waals surface area contributed by atoms with Gasteiger partial charge in [-0.3, -0.25) is 4.79 Å². The molecule has 1 aromatic rings. The van der Waals surface area contributed by atoms with Crippen molar-refractivity contribution in [1.29, 1.82) is 0 Å². The molecular formula is C13H18N2O. The third-order valence-corrected chi connectivity index (χ3v) is 2.77. The molecule has 1 aliphatic carbocycles. The van der Waals surface area contributed by atoms with E-state index >= 15 is 0 Å². The molecule has 0 unspecified atom stereocenters. The monoisotopic (exact) mass is 218 g/mol.